The standard InChI is InChI=1S/C21H25N9/c1-3-9-30(10-4-2)14-7-5-13(6-8-14)18-16-17(24)15(11-22)19(25)28-20(16)29-21(27-18)26-12-23/h5-8,18H,3-4,9-10H2,1-2H3,(H6,24,25,26,27,28,29). The van der Waals surface area contributed by atoms with E-state index in [4.69, 9.17) is 16.7 Å². The van der Waals surface area contributed by atoms with Gasteiger partial charge in [-0.2, -0.15) is 10.5 Å². The van der Waals surface area contributed by atoms with E-state index in [-0.39, 0.29) is 23.0 Å². The Balaban J connectivity index is 2.07. The van der Waals surface area contributed by atoms with Crippen LogP contribution in [-0.2, 0) is 0 Å². The number of rotatable bonds is 6. The highest BCUT2D eigenvalue weighted by molar-refractivity contribution is 5.98. The van der Waals surface area contributed by atoms with Crippen LogP contribution < -0.4 is 27.0 Å². The molecule has 0 radical (unpaired) electrons. The Morgan fingerprint density at radius 1 is 1.13 bits per heavy atom. The fourth-order valence-electron chi connectivity index (χ4n) is 3.60. The molecule has 1 unspecified atom stereocenters. The fraction of sp³-hybridized carbons (Fsp3) is 0.333. The quantitative estimate of drug-likeness (QED) is 0.424. The monoisotopic (exact) mass is 403 g/mol. The third-order valence-electron chi connectivity index (χ3n) is 4.92. The number of nitrogens with one attached hydrogen (secondary N) is 2. The first kappa shape index (κ1) is 20.7. The lowest BCUT2D eigenvalue weighted by atomic mass is 9.95. The molecular weight excluding hydrogens is 378 g/mol. The predicted octanol–water partition coefficient (Wildman–Crippen LogP) is 2.69. The normalized spacial score (nSPS) is 14.5. The van der Waals surface area contributed by atoms with E-state index < -0.39 is 6.04 Å². The number of anilines is 4. The maximum Gasteiger partial charge on any atom is 0.211 e. The van der Waals surface area contributed by atoms with E-state index in [0.717, 1.165) is 37.2 Å². The molecule has 154 valence electrons. The summed E-state index contributed by atoms with van der Waals surface area (Å²) in [5.41, 5.74) is 15.1. The molecule has 9 heteroatoms. The van der Waals surface area contributed by atoms with Crippen LogP contribution in [0.3, 0.4) is 0 Å². The van der Waals surface area contributed by atoms with E-state index in [9.17, 15) is 5.26 Å². The van der Waals surface area contributed by atoms with Crippen molar-refractivity contribution in [3.63, 3.8) is 0 Å². The molecule has 1 aromatic carbocycles. The zero-order valence-corrected chi connectivity index (χ0v) is 17.1. The molecule has 0 amide bonds. The number of fused-ring (bicyclic) bond motifs is 1. The Morgan fingerprint density at radius 3 is 2.37 bits per heavy atom. The van der Waals surface area contributed by atoms with Gasteiger partial charge in [0.05, 0.1) is 5.69 Å². The smallest absolute Gasteiger partial charge is 0.211 e. The summed E-state index contributed by atoms with van der Waals surface area (Å²) in [7, 11) is 0. The van der Waals surface area contributed by atoms with Gasteiger partial charge in [-0.25, -0.2) is 9.98 Å². The molecule has 2 aromatic rings. The number of nitrogens with zero attached hydrogens (tertiary/aromatic N) is 5. The van der Waals surface area contributed by atoms with Gasteiger partial charge in [0, 0.05) is 24.3 Å². The Labute approximate surface area is 176 Å². The van der Waals surface area contributed by atoms with Crippen molar-refractivity contribution in [2.75, 3.05) is 34.8 Å². The van der Waals surface area contributed by atoms with Crippen molar-refractivity contribution in [1.29, 1.82) is 10.5 Å². The number of hydrogen-bond donors (Lipinski definition) is 4. The summed E-state index contributed by atoms with van der Waals surface area (Å²) in [6.07, 6.45) is 3.99. The second kappa shape index (κ2) is 9.01. The third kappa shape index (κ3) is 3.91. The summed E-state index contributed by atoms with van der Waals surface area (Å²) in [6, 6.07) is 9.57. The minimum absolute atomic E-state index is 0.0309. The molecule has 1 atom stereocenters. The average Bonchev–Trinajstić information content (AvgIpc) is 2.73. The van der Waals surface area contributed by atoms with Crippen molar-refractivity contribution in [3.05, 3.63) is 41.0 Å². The van der Waals surface area contributed by atoms with E-state index in [1.54, 1.807) is 0 Å². The van der Waals surface area contributed by atoms with Gasteiger partial charge in [-0.05, 0) is 30.5 Å². The summed E-state index contributed by atoms with van der Waals surface area (Å²) in [5, 5.41) is 23.9. The minimum Gasteiger partial charge on any atom is -0.397 e. The second-order valence-corrected chi connectivity index (χ2v) is 6.98. The van der Waals surface area contributed by atoms with Gasteiger partial charge in [0.2, 0.25) is 5.96 Å². The van der Waals surface area contributed by atoms with Crippen molar-refractivity contribution in [2.45, 2.75) is 32.7 Å². The number of benzene rings is 1. The highest BCUT2D eigenvalue weighted by Crippen LogP contribution is 2.40. The lowest BCUT2D eigenvalue weighted by molar-refractivity contribution is 0.744. The van der Waals surface area contributed by atoms with Crippen LogP contribution in [0.1, 0.15) is 49.4 Å². The second-order valence-electron chi connectivity index (χ2n) is 6.98. The molecule has 30 heavy (non-hydrogen) atoms. The minimum atomic E-state index is -0.530. The first-order valence-corrected chi connectivity index (χ1v) is 9.87. The molecule has 9 nitrogen and oxygen atoms in total. The van der Waals surface area contributed by atoms with Gasteiger partial charge in [-0.3, -0.25) is 5.32 Å². The summed E-state index contributed by atoms with van der Waals surface area (Å²) in [6.45, 7) is 6.30. The van der Waals surface area contributed by atoms with Crippen LogP contribution in [0.2, 0.25) is 0 Å². The number of nitrogens with two attached hydrogens (primary N) is 2. The molecule has 0 aliphatic carbocycles. The van der Waals surface area contributed by atoms with Crippen LogP contribution in [0.15, 0.2) is 29.3 Å². The lowest BCUT2D eigenvalue weighted by Crippen LogP contribution is -2.32. The van der Waals surface area contributed by atoms with Crippen LogP contribution in [0, 0.1) is 22.8 Å². The van der Waals surface area contributed by atoms with Crippen LogP contribution in [0.25, 0.3) is 0 Å². The van der Waals surface area contributed by atoms with E-state index in [1.807, 2.05) is 24.4 Å². The van der Waals surface area contributed by atoms with Gasteiger partial charge < -0.3 is 21.7 Å². The maximum absolute atomic E-state index is 9.43. The van der Waals surface area contributed by atoms with Gasteiger partial charge in [0.15, 0.2) is 6.19 Å². The summed E-state index contributed by atoms with van der Waals surface area (Å²) in [4.78, 5) is 11.2. The number of nitrogen functional groups attached to an aromatic ring is 2. The van der Waals surface area contributed by atoms with Crippen molar-refractivity contribution in [2.24, 2.45) is 4.99 Å². The molecule has 1 aliphatic heterocycles. The van der Waals surface area contributed by atoms with Crippen molar-refractivity contribution >= 4 is 29.0 Å². The summed E-state index contributed by atoms with van der Waals surface area (Å²) < 4.78 is 0. The van der Waals surface area contributed by atoms with Gasteiger partial charge in [-0.15, -0.1) is 0 Å². The summed E-state index contributed by atoms with van der Waals surface area (Å²) in [5.74, 6) is 0.654. The summed E-state index contributed by atoms with van der Waals surface area (Å²) >= 11 is 0. The highest BCUT2D eigenvalue weighted by atomic mass is 15.2. The Hall–Kier alpha value is -3.98. The highest BCUT2D eigenvalue weighted by Gasteiger charge is 2.29. The van der Waals surface area contributed by atoms with Gasteiger partial charge in [-0.1, -0.05) is 26.0 Å². The maximum atomic E-state index is 9.43. The van der Waals surface area contributed by atoms with Gasteiger partial charge in [0.25, 0.3) is 0 Å². The molecule has 0 saturated heterocycles. The molecule has 0 saturated carbocycles. The predicted molar refractivity (Wildman–Crippen MR) is 119 cm³/mol. The molecule has 0 fully saturated rings. The van der Waals surface area contributed by atoms with Crippen LogP contribution in [0.4, 0.5) is 23.0 Å². The molecule has 2 heterocycles. The Morgan fingerprint density at radius 2 is 1.80 bits per heavy atom. The van der Waals surface area contributed by atoms with Gasteiger partial charge >= 0.3 is 0 Å². The molecule has 3 rings (SSSR count). The van der Waals surface area contributed by atoms with Crippen molar-refractivity contribution in [1.82, 2.24) is 10.3 Å². The molecule has 1 aliphatic rings. The first-order valence-electron chi connectivity index (χ1n) is 9.87. The third-order valence-corrected chi connectivity index (χ3v) is 4.92. The molecule has 6 N–H and O–H groups in total. The van der Waals surface area contributed by atoms with Gasteiger partial charge in [0.1, 0.15) is 29.3 Å². The molecule has 1 aromatic heterocycles. The lowest BCUT2D eigenvalue weighted by Gasteiger charge is -2.27. The first-order chi connectivity index (χ1) is 14.5. The van der Waals surface area contributed by atoms with Crippen LogP contribution in [-0.4, -0.2) is 24.0 Å². The number of hydrogen-bond acceptors (Lipinski definition) is 9. The van der Waals surface area contributed by atoms with Crippen LogP contribution in [0.5, 0.6) is 0 Å². The number of aliphatic imine (C=N–C) groups is 1. The number of nitriles is 2. The van der Waals surface area contributed by atoms with E-state index in [2.05, 4.69) is 51.5 Å². The van der Waals surface area contributed by atoms with Crippen molar-refractivity contribution < 1.29 is 0 Å². The Kier molecular flexibility index (Phi) is 6.23. The zero-order chi connectivity index (χ0) is 21.7. The van der Waals surface area contributed by atoms with E-state index in [0.29, 0.717) is 11.4 Å². The zero-order valence-electron chi connectivity index (χ0n) is 17.1. The SMILES string of the molecule is CCCN(CCC)c1ccc(C2N=C(NC#N)Nc3nc(N)c(C#N)c(N)c32)cc1. The van der Waals surface area contributed by atoms with E-state index >= 15 is 0 Å². The number of aromatic nitrogens is 1. The van der Waals surface area contributed by atoms with Crippen LogP contribution >= 0.6 is 0 Å². The van der Waals surface area contributed by atoms with Crippen molar-refractivity contribution in [3.8, 4) is 12.3 Å². The number of pyridine rings is 1. The molecular formula is C21H25N9. The van der Waals surface area contributed by atoms with E-state index in [1.165, 1.54) is 0 Å². The fourth-order valence-corrected chi connectivity index (χ4v) is 3.60. The number of guanidine groups is 1. The Bertz CT molecular complexity index is 1020. The molecule has 0 spiro atoms. The molecule has 0 bridgehead atoms. The largest absolute Gasteiger partial charge is 0.397 e. The average molecular weight is 403 g/mol. The topological polar surface area (TPSA) is 152 Å².